The first-order valence-electron chi connectivity index (χ1n) is 5.18. The van der Waals surface area contributed by atoms with Gasteiger partial charge < -0.3 is 9.84 Å². The van der Waals surface area contributed by atoms with Gasteiger partial charge in [0, 0.05) is 5.56 Å². The maximum Gasteiger partial charge on any atom is 0.124 e. The van der Waals surface area contributed by atoms with Crippen LogP contribution in [0.25, 0.3) is 0 Å². The van der Waals surface area contributed by atoms with Crippen LogP contribution < -0.4 is 4.74 Å². The Kier molecular flexibility index (Phi) is 5.58. The highest BCUT2D eigenvalue weighted by atomic mass is 32.2. The molecule has 3 heteroatoms. The van der Waals surface area contributed by atoms with Crippen LogP contribution in [0.3, 0.4) is 0 Å². The summed E-state index contributed by atoms with van der Waals surface area (Å²) in [6.45, 7) is 2.13. The normalized spacial score (nSPS) is 12.5. The van der Waals surface area contributed by atoms with Gasteiger partial charge >= 0.3 is 0 Å². The predicted molar refractivity (Wildman–Crippen MR) is 65.6 cm³/mol. The summed E-state index contributed by atoms with van der Waals surface area (Å²) in [4.78, 5) is 0. The summed E-state index contributed by atoms with van der Waals surface area (Å²) in [5.74, 6) is 2.85. The lowest BCUT2D eigenvalue weighted by molar-refractivity contribution is 0.170. The van der Waals surface area contributed by atoms with E-state index in [4.69, 9.17) is 4.74 Å². The third-order valence-corrected chi connectivity index (χ3v) is 3.17. The van der Waals surface area contributed by atoms with Crippen molar-refractivity contribution in [2.75, 3.05) is 18.6 Å². The SMILES string of the molecule is CCSCCC(O)c1ccccc1OC. The van der Waals surface area contributed by atoms with Gasteiger partial charge in [0.25, 0.3) is 0 Å². The topological polar surface area (TPSA) is 29.5 Å². The van der Waals surface area contributed by atoms with Crippen molar-refractivity contribution in [3.63, 3.8) is 0 Å². The van der Waals surface area contributed by atoms with Crippen LogP contribution in [0.15, 0.2) is 24.3 Å². The highest BCUT2D eigenvalue weighted by molar-refractivity contribution is 7.99. The van der Waals surface area contributed by atoms with Crippen molar-refractivity contribution in [2.24, 2.45) is 0 Å². The van der Waals surface area contributed by atoms with E-state index in [0.717, 1.165) is 29.2 Å². The molecule has 0 radical (unpaired) electrons. The summed E-state index contributed by atoms with van der Waals surface area (Å²) in [5, 5.41) is 9.97. The van der Waals surface area contributed by atoms with Crippen LogP contribution in [0.1, 0.15) is 25.0 Å². The van der Waals surface area contributed by atoms with Crippen molar-refractivity contribution >= 4 is 11.8 Å². The summed E-state index contributed by atoms with van der Waals surface area (Å²) >= 11 is 1.84. The van der Waals surface area contributed by atoms with Crippen LogP contribution in [-0.2, 0) is 0 Å². The number of rotatable bonds is 6. The van der Waals surface area contributed by atoms with E-state index in [1.165, 1.54) is 0 Å². The van der Waals surface area contributed by atoms with Crippen LogP contribution in [-0.4, -0.2) is 23.7 Å². The summed E-state index contributed by atoms with van der Waals surface area (Å²) in [6.07, 6.45) is 0.360. The summed E-state index contributed by atoms with van der Waals surface area (Å²) in [6, 6.07) is 7.63. The fraction of sp³-hybridized carbons (Fsp3) is 0.500. The largest absolute Gasteiger partial charge is 0.496 e. The highest BCUT2D eigenvalue weighted by Gasteiger charge is 2.11. The number of hydrogen-bond acceptors (Lipinski definition) is 3. The van der Waals surface area contributed by atoms with E-state index in [2.05, 4.69) is 6.92 Å². The second kappa shape index (κ2) is 6.75. The number of ether oxygens (including phenoxy) is 1. The molecule has 0 aliphatic heterocycles. The second-order valence-corrected chi connectivity index (χ2v) is 4.64. The maximum absolute atomic E-state index is 9.97. The minimum atomic E-state index is -0.416. The molecular weight excluding hydrogens is 208 g/mol. The lowest BCUT2D eigenvalue weighted by Crippen LogP contribution is -2.01. The molecule has 1 rings (SSSR count). The van der Waals surface area contributed by atoms with Crippen LogP contribution in [0.5, 0.6) is 5.75 Å². The molecule has 0 aromatic heterocycles. The van der Waals surface area contributed by atoms with Gasteiger partial charge in [0.15, 0.2) is 0 Å². The van der Waals surface area contributed by atoms with Gasteiger partial charge in [-0.1, -0.05) is 25.1 Å². The van der Waals surface area contributed by atoms with Crippen molar-refractivity contribution in [3.05, 3.63) is 29.8 Å². The molecule has 0 spiro atoms. The smallest absolute Gasteiger partial charge is 0.124 e. The molecule has 2 nitrogen and oxygen atoms in total. The quantitative estimate of drug-likeness (QED) is 0.756. The molecule has 0 aliphatic rings. The summed E-state index contributed by atoms with van der Waals surface area (Å²) in [7, 11) is 1.63. The molecule has 0 bridgehead atoms. The van der Waals surface area contributed by atoms with Crippen molar-refractivity contribution in [1.82, 2.24) is 0 Å². The number of methoxy groups -OCH3 is 1. The molecule has 15 heavy (non-hydrogen) atoms. The zero-order valence-corrected chi connectivity index (χ0v) is 10.1. The number of aliphatic hydroxyl groups excluding tert-OH is 1. The fourth-order valence-electron chi connectivity index (χ4n) is 1.44. The van der Waals surface area contributed by atoms with Crippen molar-refractivity contribution < 1.29 is 9.84 Å². The Morgan fingerprint density at radius 3 is 2.80 bits per heavy atom. The first-order valence-corrected chi connectivity index (χ1v) is 6.33. The number of aliphatic hydroxyl groups is 1. The average Bonchev–Trinajstić information content (AvgIpc) is 2.29. The number of thioether (sulfide) groups is 1. The summed E-state index contributed by atoms with van der Waals surface area (Å²) < 4.78 is 5.21. The van der Waals surface area contributed by atoms with Crippen LogP contribution in [0.4, 0.5) is 0 Å². The van der Waals surface area contributed by atoms with E-state index >= 15 is 0 Å². The van der Waals surface area contributed by atoms with Gasteiger partial charge in [0.1, 0.15) is 5.75 Å². The van der Waals surface area contributed by atoms with E-state index in [9.17, 15) is 5.11 Å². The van der Waals surface area contributed by atoms with Crippen LogP contribution in [0, 0.1) is 0 Å². The van der Waals surface area contributed by atoms with Gasteiger partial charge in [-0.15, -0.1) is 0 Å². The van der Waals surface area contributed by atoms with Crippen LogP contribution >= 0.6 is 11.8 Å². The van der Waals surface area contributed by atoms with E-state index in [0.29, 0.717) is 0 Å². The van der Waals surface area contributed by atoms with Gasteiger partial charge in [0.2, 0.25) is 0 Å². The molecular formula is C12H18O2S. The molecule has 0 aliphatic carbocycles. The van der Waals surface area contributed by atoms with E-state index in [1.807, 2.05) is 36.0 Å². The van der Waals surface area contributed by atoms with Crippen LogP contribution in [0.2, 0.25) is 0 Å². The number of hydrogen-bond donors (Lipinski definition) is 1. The van der Waals surface area contributed by atoms with Gasteiger partial charge in [-0.05, 0) is 24.0 Å². The van der Waals surface area contributed by atoms with Gasteiger partial charge in [0.05, 0.1) is 13.2 Å². The fourth-order valence-corrected chi connectivity index (χ4v) is 2.12. The van der Waals surface area contributed by atoms with Gasteiger partial charge in [-0.25, -0.2) is 0 Å². The molecule has 1 aromatic carbocycles. The molecule has 1 N–H and O–H groups in total. The minimum Gasteiger partial charge on any atom is -0.496 e. The molecule has 1 unspecified atom stereocenters. The van der Waals surface area contributed by atoms with E-state index in [1.54, 1.807) is 7.11 Å². The van der Waals surface area contributed by atoms with Crippen molar-refractivity contribution in [2.45, 2.75) is 19.4 Å². The first-order chi connectivity index (χ1) is 7.29. The maximum atomic E-state index is 9.97. The third kappa shape index (κ3) is 3.76. The third-order valence-electron chi connectivity index (χ3n) is 2.24. The van der Waals surface area contributed by atoms with Gasteiger partial charge in [-0.3, -0.25) is 0 Å². The number of benzene rings is 1. The second-order valence-electron chi connectivity index (χ2n) is 3.24. The Morgan fingerprint density at radius 1 is 1.40 bits per heavy atom. The molecule has 1 aromatic rings. The molecule has 0 saturated heterocycles. The number of para-hydroxylation sites is 1. The molecule has 0 saturated carbocycles. The Morgan fingerprint density at radius 2 is 2.13 bits per heavy atom. The summed E-state index contributed by atoms with van der Waals surface area (Å²) in [5.41, 5.74) is 0.886. The first kappa shape index (κ1) is 12.4. The minimum absolute atomic E-state index is 0.416. The molecule has 84 valence electrons. The van der Waals surface area contributed by atoms with E-state index < -0.39 is 6.10 Å². The lowest BCUT2D eigenvalue weighted by Gasteiger charge is -2.14. The molecule has 0 fully saturated rings. The average molecular weight is 226 g/mol. The Hall–Kier alpha value is -0.670. The zero-order valence-electron chi connectivity index (χ0n) is 9.27. The van der Waals surface area contributed by atoms with Crippen molar-refractivity contribution in [1.29, 1.82) is 0 Å². The predicted octanol–water partition coefficient (Wildman–Crippen LogP) is 2.87. The molecule has 0 amide bonds. The Labute approximate surface area is 95.7 Å². The highest BCUT2D eigenvalue weighted by Crippen LogP contribution is 2.27. The Balaban J connectivity index is 2.59. The van der Waals surface area contributed by atoms with Gasteiger partial charge in [-0.2, -0.15) is 11.8 Å². The van der Waals surface area contributed by atoms with E-state index in [-0.39, 0.29) is 0 Å². The standard InChI is InChI=1S/C12H18O2S/c1-3-15-9-8-11(13)10-6-4-5-7-12(10)14-2/h4-7,11,13H,3,8-9H2,1-2H3. The lowest BCUT2D eigenvalue weighted by atomic mass is 10.1. The molecule has 1 atom stereocenters. The monoisotopic (exact) mass is 226 g/mol. The van der Waals surface area contributed by atoms with Crippen molar-refractivity contribution in [3.8, 4) is 5.75 Å². The molecule has 0 heterocycles. The zero-order chi connectivity index (χ0) is 11.1. The Bertz CT molecular complexity index is 289.